The lowest BCUT2D eigenvalue weighted by Gasteiger charge is -2.29. The van der Waals surface area contributed by atoms with Crippen LogP contribution in [0.3, 0.4) is 0 Å². The normalized spacial score (nSPS) is 24.6. The largest absolute Gasteiger partial charge is 0.480 e. The number of ether oxygens (including phenoxy) is 2. The quantitative estimate of drug-likeness (QED) is 0.305. The molecule has 1 heterocycles. The van der Waals surface area contributed by atoms with E-state index in [1.807, 2.05) is 0 Å². The molecule has 3 atom stereocenters. The molecule has 0 aromatic heterocycles. The minimum atomic E-state index is -1.12. The average Bonchev–Trinajstić information content (AvgIpc) is 3.18. The maximum Gasteiger partial charge on any atom is 0.326 e. The van der Waals surface area contributed by atoms with Gasteiger partial charge in [-0.05, 0) is 32.8 Å². The number of thiocarbonyl (C=S) groups is 1. The molecule has 2 rings (SSSR count). The van der Waals surface area contributed by atoms with Gasteiger partial charge in [0.05, 0.1) is 25.9 Å². The number of carbonyl (C=O) groups is 3. The summed E-state index contributed by atoms with van der Waals surface area (Å²) in [6.45, 7) is 4.79. The first-order chi connectivity index (χ1) is 13.8. The van der Waals surface area contributed by atoms with E-state index in [4.69, 9.17) is 21.7 Å². The zero-order valence-corrected chi connectivity index (χ0v) is 17.6. The predicted molar refractivity (Wildman–Crippen MR) is 111 cm³/mol. The third-order valence-electron chi connectivity index (χ3n) is 5.04. The van der Waals surface area contributed by atoms with Crippen LogP contribution in [0.4, 0.5) is 0 Å². The summed E-state index contributed by atoms with van der Waals surface area (Å²) in [6.07, 6.45) is 8.04. The number of carboxylic acid groups (broad SMARTS) is 1. The highest BCUT2D eigenvalue weighted by Crippen LogP contribution is 2.28. The molecule has 0 aromatic carbocycles. The number of nitrogens with zero attached hydrogens (tertiary/aromatic N) is 1. The molecular weight excluding hydrogens is 396 g/mol. The van der Waals surface area contributed by atoms with Gasteiger partial charge in [-0.25, -0.2) is 4.79 Å². The number of allylic oxidation sites excluding steroid dienone is 3. The van der Waals surface area contributed by atoms with Crippen LogP contribution in [0, 0.1) is 5.41 Å². The van der Waals surface area contributed by atoms with E-state index in [9.17, 15) is 19.5 Å². The molecule has 0 bridgehead atoms. The molecule has 1 saturated heterocycles. The lowest BCUT2D eigenvalue weighted by molar-refractivity contribution is -0.151. The number of likely N-dealkylation sites (tertiary alicyclic amines) is 1. The zero-order valence-electron chi connectivity index (χ0n) is 16.8. The first-order valence-corrected chi connectivity index (χ1v) is 10.2. The second-order valence-corrected chi connectivity index (χ2v) is 7.47. The second kappa shape index (κ2) is 10.6. The minimum absolute atomic E-state index is 0.0444. The van der Waals surface area contributed by atoms with Gasteiger partial charge >= 0.3 is 11.9 Å². The Bertz CT molecular complexity index is 707. The van der Waals surface area contributed by atoms with Crippen LogP contribution in [0.5, 0.6) is 0 Å². The fourth-order valence-corrected chi connectivity index (χ4v) is 3.69. The van der Waals surface area contributed by atoms with Crippen molar-refractivity contribution in [2.45, 2.75) is 38.8 Å². The van der Waals surface area contributed by atoms with Crippen LogP contribution < -0.4 is 5.32 Å². The van der Waals surface area contributed by atoms with Crippen LogP contribution >= 0.6 is 12.2 Å². The number of carbonyl (C=O) groups excluding carboxylic acids is 2. The smallest absolute Gasteiger partial charge is 0.326 e. The first kappa shape index (κ1) is 23.2. The van der Waals surface area contributed by atoms with E-state index in [-0.39, 0.29) is 25.7 Å². The summed E-state index contributed by atoms with van der Waals surface area (Å²) in [6, 6.07) is -1.28. The average molecular weight is 425 g/mol. The lowest BCUT2D eigenvalue weighted by Crippen LogP contribution is -2.49. The summed E-state index contributed by atoms with van der Waals surface area (Å²) in [5.74, 6) is -1.66. The molecule has 1 aliphatic heterocycles. The van der Waals surface area contributed by atoms with Crippen molar-refractivity contribution in [3.63, 3.8) is 0 Å². The van der Waals surface area contributed by atoms with Crippen LogP contribution in [-0.2, 0) is 23.9 Å². The van der Waals surface area contributed by atoms with E-state index < -0.39 is 29.4 Å². The number of amides is 1. The molecular formula is C20H28N2O6S. The Labute approximate surface area is 175 Å². The van der Waals surface area contributed by atoms with Crippen molar-refractivity contribution in [2.24, 2.45) is 5.41 Å². The van der Waals surface area contributed by atoms with Crippen LogP contribution in [0.2, 0.25) is 0 Å². The number of rotatable bonds is 10. The van der Waals surface area contributed by atoms with Crippen LogP contribution in [0.1, 0.15) is 26.7 Å². The second-order valence-electron chi connectivity index (χ2n) is 7.03. The van der Waals surface area contributed by atoms with Crippen LogP contribution in [-0.4, -0.2) is 77.7 Å². The third kappa shape index (κ3) is 5.49. The molecule has 0 aromatic rings. The Kier molecular flexibility index (Phi) is 8.48. The highest BCUT2D eigenvalue weighted by molar-refractivity contribution is 7.81. The monoisotopic (exact) mass is 424 g/mol. The molecule has 160 valence electrons. The molecule has 1 aliphatic carbocycles. The highest BCUT2D eigenvalue weighted by Gasteiger charge is 2.42. The van der Waals surface area contributed by atoms with Crippen molar-refractivity contribution < 1.29 is 29.0 Å². The Balaban J connectivity index is 1.81. The Hall–Kier alpha value is -2.10. The maximum absolute atomic E-state index is 12.5. The van der Waals surface area contributed by atoms with Crippen molar-refractivity contribution in [1.29, 1.82) is 0 Å². The highest BCUT2D eigenvalue weighted by atomic mass is 32.1. The van der Waals surface area contributed by atoms with Crippen molar-refractivity contribution in [3.8, 4) is 0 Å². The van der Waals surface area contributed by atoms with E-state index in [0.717, 1.165) is 0 Å². The summed E-state index contributed by atoms with van der Waals surface area (Å²) in [5.41, 5.74) is -1.12. The standard InChI is InChI=1S/C20H28N2O6S/c1-3-28-19(26)20(9-5-4-8-16(20)29)13-27-12-10-21-14(2)17(23)22-11-6-7-15(22)18(24)25/h4-5,8-9,14-15,21H,3,6-7,10-13H2,1-2H3,(H,24,25)/t14-,15+,20+/m0/s1. The molecule has 2 N–H and O–H groups in total. The van der Waals surface area contributed by atoms with Crippen molar-refractivity contribution in [1.82, 2.24) is 10.2 Å². The molecule has 0 unspecified atom stereocenters. The Morgan fingerprint density at radius 2 is 2.17 bits per heavy atom. The van der Waals surface area contributed by atoms with Gasteiger partial charge in [0.15, 0.2) is 0 Å². The fourth-order valence-electron chi connectivity index (χ4n) is 3.40. The number of hydrogen-bond acceptors (Lipinski definition) is 7. The van der Waals surface area contributed by atoms with Crippen molar-refractivity contribution >= 4 is 34.9 Å². The topological polar surface area (TPSA) is 105 Å². The molecule has 2 aliphatic rings. The Morgan fingerprint density at radius 3 is 2.83 bits per heavy atom. The van der Waals surface area contributed by atoms with Gasteiger partial charge in [0, 0.05) is 18.0 Å². The van der Waals surface area contributed by atoms with Gasteiger partial charge in [-0.2, -0.15) is 0 Å². The molecule has 0 radical (unpaired) electrons. The van der Waals surface area contributed by atoms with E-state index >= 15 is 0 Å². The number of nitrogens with one attached hydrogen (secondary N) is 1. The lowest BCUT2D eigenvalue weighted by atomic mass is 9.82. The van der Waals surface area contributed by atoms with E-state index in [0.29, 0.717) is 30.8 Å². The SMILES string of the molecule is CCOC(=O)[C@@]1(COCCN[C@@H](C)C(=O)N2CCC[C@@H]2C(=O)O)C=CC=CC1=S. The molecule has 0 spiro atoms. The van der Waals surface area contributed by atoms with E-state index in [2.05, 4.69) is 5.32 Å². The van der Waals surface area contributed by atoms with Crippen molar-refractivity contribution in [2.75, 3.05) is 32.9 Å². The summed E-state index contributed by atoms with van der Waals surface area (Å²) in [7, 11) is 0. The van der Waals surface area contributed by atoms with Gasteiger partial charge in [-0.1, -0.05) is 30.4 Å². The number of carboxylic acids is 1. The number of hydrogen-bond donors (Lipinski definition) is 2. The number of esters is 1. The molecule has 1 fully saturated rings. The van der Waals surface area contributed by atoms with Gasteiger partial charge < -0.3 is 24.8 Å². The van der Waals surface area contributed by atoms with Gasteiger partial charge in [0.25, 0.3) is 0 Å². The molecule has 1 amide bonds. The Morgan fingerprint density at radius 1 is 1.41 bits per heavy atom. The molecule has 0 saturated carbocycles. The molecule has 29 heavy (non-hydrogen) atoms. The van der Waals surface area contributed by atoms with Gasteiger partial charge in [-0.15, -0.1) is 0 Å². The first-order valence-electron chi connectivity index (χ1n) is 9.75. The predicted octanol–water partition coefficient (Wildman–Crippen LogP) is 1.10. The van der Waals surface area contributed by atoms with Gasteiger partial charge in [-0.3, -0.25) is 9.59 Å². The molecule has 9 heteroatoms. The van der Waals surface area contributed by atoms with E-state index in [1.54, 1.807) is 38.2 Å². The summed E-state index contributed by atoms with van der Waals surface area (Å²) >= 11 is 5.34. The third-order valence-corrected chi connectivity index (χ3v) is 5.54. The fraction of sp³-hybridized carbons (Fsp3) is 0.600. The van der Waals surface area contributed by atoms with Gasteiger partial charge in [0.2, 0.25) is 5.91 Å². The summed E-state index contributed by atoms with van der Waals surface area (Å²) in [4.78, 5) is 38.0. The van der Waals surface area contributed by atoms with Crippen molar-refractivity contribution in [3.05, 3.63) is 24.3 Å². The minimum Gasteiger partial charge on any atom is -0.480 e. The van der Waals surface area contributed by atoms with Crippen LogP contribution in [0.15, 0.2) is 24.3 Å². The van der Waals surface area contributed by atoms with Crippen LogP contribution in [0.25, 0.3) is 0 Å². The zero-order chi connectivity index (χ0) is 21.4. The van der Waals surface area contributed by atoms with Gasteiger partial charge in [0.1, 0.15) is 11.5 Å². The van der Waals surface area contributed by atoms with E-state index in [1.165, 1.54) is 4.90 Å². The molecule has 8 nitrogen and oxygen atoms in total. The summed E-state index contributed by atoms with van der Waals surface area (Å²) < 4.78 is 10.8. The maximum atomic E-state index is 12.5. The summed E-state index contributed by atoms with van der Waals surface area (Å²) in [5, 5.41) is 12.3. The number of aliphatic carboxylic acids is 1.